The largest absolute Gasteiger partial charge is 0.496 e. The van der Waals surface area contributed by atoms with Gasteiger partial charge in [-0.25, -0.2) is 4.68 Å². The van der Waals surface area contributed by atoms with E-state index >= 15 is 0 Å². The van der Waals surface area contributed by atoms with Crippen LogP contribution in [0.5, 0.6) is 5.75 Å². The molecule has 0 saturated heterocycles. The van der Waals surface area contributed by atoms with Crippen molar-refractivity contribution in [3.05, 3.63) is 41.1 Å². The van der Waals surface area contributed by atoms with E-state index in [1.165, 1.54) is 11.1 Å². The van der Waals surface area contributed by atoms with Crippen molar-refractivity contribution in [3.8, 4) is 5.75 Å². The third kappa shape index (κ3) is 2.25. The molecule has 0 radical (unpaired) electrons. The van der Waals surface area contributed by atoms with Crippen LogP contribution in [0.2, 0.25) is 0 Å². The van der Waals surface area contributed by atoms with Gasteiger partial charge in [0, 0.05) is 0 Å². The fourth-order valence-electron chi connectivity index (χ4n) is 1.88. The van der Waals surface area contributed by atoms with Gasteiger partial charge >= 0.3 is 0 Å². The molecule has 0 aliphatic carbocycles. The van der Waals surface area contributed by atoms with Crippen molar-refractivity contribution in [2.45, 2.75) is 20.4 Å². The lowest BCUT2D eigenvalue weighted by atomic mass is 10.0. The summed E-state index contributed by atoms with van der Waals surface area (Å²) in [6, 6.07) is 5.96. The van der Waals surface area contributed by atoms with Gasteiger partial charge in [-0.05, 0) is 42.7 Å². The Kier molecular flexibility index (Phi) is 3.04. The van der Waals surface area contributed by atoms with Crippen LogP contribution in [0, 0.1) is 13.8 Å². The number of hydrogen-bond donors (Lipinski definition) is 1. The Morgan fingerprint density at radius 2 is 2.06 bits per heavy atom. The van der Waals surface area contributed by atoms with E-state index in [0.29, 0.717) is 12.4 Å². The maximum Gasteiger partial charge on any atom is 0.122 e. The monoisotopic (exact) mass is 231 g/mol. The number of nitrogen functional groups attached to an aromatic ring is 1. The molecular formula is C13H17N3O. The van der Waals surface area contributed by atoms with Gasteiger partial charge in [0.15, 0.2) is 0 Å². The topological polar surface area (TPSA) is 53.1 Å². The number of hydrogen-bond acceptors (Lipinski definition) is 3. The van der Waals surface area contributed by atoms with Gasteiger partial charge in [-0.1, -0.05) is 6.07 Å². The van der Waals surface area contributed by atoms with Crippen molar-refractivity contribution in [3.63, 3.8) is 0 Å². The fourth-order valence-corrected chi connectivity index (χ4v) is 1.88. The summed E-state index contributed by atoms with van der Waals surface area (Å²) in [7, 11) is 1.69. The maximum absolute atomic E-state index is 5.81. The number of aryl methyl sites for hydroxylation is 2. The molecule has 0 spiro atoms. The Balaban J connectivity index is 2.34. The number of nitrogens with zero attached hydrogens (tertiary/aromatic N) is 2. The molecule has 0 bridgehead atoms. The van der Waals surface area contributed by atoms with Gasteiger partial charge < -0.3 is 10.5 Å². The van der Waals surface area contributed by atoms with Crippen LogP contribution < -0.4 is 10.5 Å². The lowest BCUT2D eigenvalue weighted by molar-refractivity contribution is 0.411. The average Bonchev–Trinajstić information content (AvgIpc) is 2.69. The molecule has 0 aliphatic rings. The fraction of sp³-hybridized carbons (Fsp3) is 0.308. The van der Waals surface area contributed by atoms with Gasteiger partial charge in [0.25, 0.3) is 0 Å². The Bertz CT molecular complexity index is 531. The van der Waals surface area contributed by atoms with Crippen LogP contribution >= 0.6 is 0 Å². The van der Waals surface area contributed by atoms with Crippen molar-refractivity contribution < 1.29 is 4.74 Å². The molecule has 0 aliphatic heterocycles. The summed E-state index contributed by atoms with van der Waals surface area (Å²) in [4.78, 5) is 0. The summed E-state index contributed by atoms with van der Waals surface area (Å²) in [6.07, 6.45) is 1.71. The highest BCUT2D eigenvalue weighted by Crippen LogP contribution is 2.23. The van der Waals surface area contributed by atoms with Crippen LogP contribution in [0.15, 0.2) is 24.4 Å². The zero-order valence-electron chi connectivity index (χ0n) is 10.4. The molecule has 90 valence electrons. The van der Waals surface area contributed by atoms with E-state index in [9.17, 15) is 0 Å². The number of anilines is 1. The molecule has 0 atom stereocenters. The second-order valence-corrected chi connectivity index (χ2v) is 4.16. The number of methoxy groups -OCH3 is 1. The Morgan fingerprint density at radius 1 is 1.29 bits per heavy atom. The molecule has 0 saturated carbocycles. The molecule has 1 aromatic heterocycles. The lowest BCUT2D eigenvalue weighted by Crippen LogP contribution is -2.07. The van der Waals surface area contributed by atoms with Crippen LogP contribution in [0.1, 0.15) is 16.7 Å². The van der Waals surface area contributed by atoms with Crippen molar-refractivity contribution in [1.82, 2.24) is 9.78 Å². The van der Waals surface area contributed by atoms with E-state index in [-0.39, 0.29) is 0 Å². The molecule has 17 heavy (non-hydrogen) atoms. The quantitative estimate of drug-likeness (QED) is 0.880. The highest BCUT2D eigenvalue weighted by Gasteiger charge is 2.07. The van der Waals surface area contributed by atoms with Crippen LogP contribution in [0.25, 0.3) is 0 Å². The minimum atomic E-state index is 0.679. The van der Waals surface area contributed by atoms with Crippen LogP contribution in [-0.4, -0.2) is 16.9 Å². The summed E-state index contributed by atoms with van der Waals surface area (Å²) in [5.74, 6) is 1.59. The summed E-state index contributed by atoms with van der Waals surface area (Å²) < 4.78 is 7.08. The predicted octanol–water partition coefficient (Wildman–Crippen LogP) is 2.14. The molecule has 4 nitrogen and oxygen atoms in total. The molecule has 1 aromatic carbocycles. The summed E-state index contributed by atoms with van der Waals surface area (Å²) in [6.45, 7) is 4.79. The molecule has 0 fully saturated rings. The molecular weight excluding hydrogens is 214 g/mol. The molecule has 2 N–H and O–H groups in total. The zero-order chi connectivity index (χ0) is 12.4. The van der Waals surface area contributed by atoms with E-state index in [1.54, 1.807) is 24.1 Å². The highest BCUT2D eigenvalue weighted by atomic mass is 16.5. The van der Waals surface area contributed by atoms with Crippen molar-refractivity contribution in [2.75, 3.05) is 12.8 Å². The Morgan fingerprint density at radius 3 is 2.65 bits per heavy atom. The lowest BCUT2D eigenvalue weighted by Gasteiger charge is -2.12. The van der Waals surface area contributed by atoms with E-state index in [2.05, 4.69) is 18.1 Å². The van der Waals surface area contributed by atoms with Crippen LogP contribution in [0.3, 0.4) is 0 Å². The van der Waals surface area contributed by atoms with E-state index in [4.69, 9.17) is 10.5 Å². The van der Waals surface area contributed by atoms with Crippen molar-refractivity contribution >= 4 is 5.82 Å². The Labute approximate surface area is 101 Å². The van der Waals surface area contributed by atoms with Crippen LogP contribution in [-0.2, 0) is 6.54 Å². The molecule has 0 amide bonds. The summed E-state index contributed by atoms with van der Waals surface area (Å²) >= 11 is 0. The van der Waals surface area contributed by atoms with Gasteiger partial charge in [-0.2, -0.15) is 5.10 Å². The molecule has 4 heteroatoms. The van der Waals surface area contributed by atoms with Gasteiger partial charge in [0.1, 0.15) is 11.6 Å². The second kappa shape index (κ2) is 4.49. The van der Waals surface area contributed by atoms with E-state index < -0.39 is 0 Å². The minimum absolute atomic E-state index is 0.679. The standard InChI is InChI=1S/C13H17N3O/c1-9-7-12(17-3)10(2)6-11(9)8-16-13(14)4-5-15-16/h4-7H,8,14H2,1-3H3. The van der Waals surface area contributed by atoms with Crippen LogP contribution in [0.4, 0.5) is 5.82 Å². The summed E-state index contributed by atoms with van der Waals surface area (Å²) in [5, 5.41) is 4.18. The average molecular weight is 231 g/mol. The second-order valence-electron chi connectivity index (χ2n) is 4.16. The molecule has 2 rings (SSSR count). The van der Waals surface area contributed by atoms with Gasteiger partial charge in [-0.15, -0.1) is 0 Å². The predicted molar refractivity (Wildman–Crippen MR) is 68.2 cm³/mol. The number of rotatable bonds is 3. The SMILES string of the molecule is COc1cc(C)c(Cn2nccc2N)cc1C. The van der Waals surface area contributed by atoms with E-state index in [1.807, 2.05) is 13.0 Å². The van der Waals surface area contributed by atoms with Crippen molar-refractivity contribution in [1.29, 1.82) is 0 Å². The number of nitrogens with two attached hydrogens (primary N) is 1. The number of aromatic nitrogens is 2. The first-order valence-corrected chi connectivity index (χ1v) is 5.53. The van der Waals surface area contributed by atoms with E-state index in [0.717, 1.165) is 11.3 Å². The third-order valence-electron chi connectivity index (χ3n) is 2.92. The summed E-state index contributed by atoms with van der Waals surface area (Å²) in [5.41, 5.74) is 9.32. The molecule has 0 unspecified atom stereocenters. The van der Waals surface area contributed by atoms with Crippen molar-refractivity contribution in [2.24, 2.45) is 0 Å². The first kappa shape index (κ1) is 11.5. The molecule has 1 heterocycles. The third-order valence-corrected chi connectivity index (χ3v) is 2.92. The van der Waals surface area contributed by atoms with Gasteiger partial charge in [-0.3, -0.25) is 0 Å². The Hall–Kier alpha value is -1.97. The van der Waals surface area contributed by atoms with Gasteiger partial charge in [0.2, 0.25) is 0 Å². The van der Waals surface area contributed by atoms with Gasteiger partial charge in [0.05, 0.1) is 19.9 Å². The highest BCUT2D eigenvalue weighted by molar-refractivity contribution is 5.42. The normalized spacial score (nSPS) is 10.5. The first-order chi connectivity index (χ1) is 8.11. The zero-order valence-corrected chi connectivity index (χ0v) is 10.4. The first-order valence-electron chi connectivity index (χ1n) is 5.53. The number of ether oxygens (including phenoxy) is 1. The number of benzene rings is 1. The minimum Gasteiger partial charge on any atom is -0.496 e. The smallest absolute Gasteiger partial charge is 0.122 e. The molecule has 2 aromatic rings. The maximum atomic E-state index is 5.81.